The number of fused-ring (bicyclic) bond motifs is 3. The maximum atomic E-state index is 13.9. The summed E-state index contributed by atoms with van der Waals surface area (Å²) < 4.78 is 1.81. The molecule has 200 valence electrons. The highest BCUT2D eigenvalue weighted by Crippen LogP contribution is 2.35. The Morgan fingerprint density at radius 1 is 1.13 bits per heavy atom. The van der Waals surface area contributed by atoms with Crippen molar-refractivity contribution in [3.8, 4) is 0 Å². The number of hydrogen-bond acceptors (Lipinski definition) is 6. The molecule has 3 aromatic rings. The molecule has 0 spiro atoms. The summed E-state index contributed by atoms with van der Waals surface area (Å²) in [6.45, 7) is 9.95. The van der Waals surface area contributed by atoms with Gasteiger partial charge in [0.2, 0.25) is 0 Å². The summed E-state index contributed by atoms with van der Waals surface area (Å²) in [6.07, 6.45) is 3.86. The molecular formula is C27H30Cl2N6O3. The first-order valence-corrected chi connectivity index (χ1v) is 13.3. The summed E-state index contributed by atoms with van der Waals surface area (Å²) in [6, 6.07) is 4.39. The smallest absolute Gasteiger partial charge is 0.273 e. The molecule has 2 aliphatic rings. The van der Waals surface area contributed by atoms with Gasteiger partial charge in [-0.3, -0.25) is 14.3 Å². The van der Waals surface area contributed by atoms with E-state index in [0.717, 1.165) is 16.8 Å². The van der Waals surface area contributed by atoms with E-state index in [1.165, 1.54) is 0 Å². The third-order valence-corrected chi connectivity index (χ3v) is 8.12. The first-order chi connectivity index (χ1) is 17.9. The molecule has 9 nitrogen and oxygen atoms in total. The predicted molar refractivity (Wildman–Crippen MR) is 143 cm³/mol. The van der Waals surface area contributed by atoms with Crippen molar-refractivity contribution in [2.75, 3.05) is 6.54 Å². The van der Waals surface area contributed by atoms with Crippen molar-refractivity contribution in [1.29, 1.82) is 0 Å². The van der Waals surface area contributed by atoms with Crippen LogP contribution in [0, 0.1) is 0 Å². The lowest BCUT2D eigenvalue weighted by Gasteiger charge is -2.37. The van der Waals surface area contributed by atoms with Gasteiger partial charge in [0.15, 0.2) is 5.82 Å². The fourth-order valence-electron chi connectivity index (χ4n) is 5.14. The molecule has 0 fully saturated rings. The van der Waals surface area contributed by atoms with E-state index >= 15 is 0 Å². The van der Waals surface area contributed by atoms with Gasteiger partial charge >= 0.3 is 0 Å². The maximum Gasteiger partial charge on any atom is 0.273 e. The number of benzene rings is 1. The normalized spacial score (nSPS) is 20.3. The van der Waals surface area contributed by atoms with Gasteiger partial charge in [0.1, 0.15) is 11.3 Å². The number of aliphatic hydroxyl groups is 1. The molecule has 0 saturated heterocycles. The van der Waals surface area contributed by atoms with Gasteiger partial charge in [-0.05, 0) is 52.8 Å². The van der Waals surface area contributed by atoms with Crippen molar-refractivity contribution < 1.29 is 14.7 Å². The molecule has 1 aromatic carbocycles. The third-order valence-electron chi connectivity index (χ3n) is 7.38. The molecule has 4 heterocycles. The average molecular weight is 557 g/mol. The van der Waals surface area contributed by atoms with Crippen LogP contribution in [0.3, 0.4) is 0 Å². The van der Waals surface area contributed by atoms with Crippen molar-refractivity contribution in [3.05, 3.63) is 74.5 Å². The highest BCUT2D eigenvalue weighted by Gasteiger charge is 2.40. The monoisotopic (exact) mass is 556 g/mol. The number of carbonyl (C=O) groups excluding carboxylic acids is 2. The highest BCUT2D eigenvalue weighted by molar-refractivity contribution is 6.42. The Hall–Kier alpha value is -3.01. The van der Waals surface area contributed by atoms with Gasteiger partial charge in [0.25, 0.3) is 11.8 Å². The Kier molecular flexibility index (Phi) is 6.74. The Labute approximate surface area is 231 Å². The lowest BCUT2D eigenvalue weighted by atomic mass is 9.96. The highest BCUT2D eigenvalue weighted by atomic mass is 35.5. The van der Waals surface area contributed by atoms with Crippen molar-refractivity contribution >= 4 is 35.0 Å². The number of rotatable bonds is 4. The van der Waals surface area contributed by atoms with Gasteiger partial charge in [0.05, 0.1) is 34.4 Å². The van der Waals surface area contributed by atoms with E-state index in [1.54, 1.807) is 54.2 Å². The first-order valence-electron chi connectivity index (χ1n) is 12.6. The molecule has 3 atom stereocenters. The fraction of sp³-hybridized carbons (Fsp3) is 0.444. The van der Waals surface area contributed by atoms with E-state index in [-0.39, 0.29) is 36.5 Å². The Bertz CT molecular complexity index is 1420. The van der Waals surface area contributed by atoms with Crippen molar-refractivity contribution in [2.45, 2.75) is 71.3 Å². The molecule has 0 saturated carbocycles. The Morgan fingerprint density at radius 3 is 2.45 bits per heavy atom. The molecule has 38 heavy (non-hydrogen) atoms. The molecule has 1 N–H and O–H groups in total. The standard InChI is InChI=1S/C27H30Cl2N6O3/c1-14-8-22-19(13-33(14)24(36)17-6-7-20(28)21(29)9-17)23-25(37)34(12-15(2)35(23)32-22)16(3)18-10-30-26(31-11-18)27(4,5)38/h6-7,9-11,14-16,38H,8,12-13H2,1-5H3/t14-,15-,16+/m1/s1. The van der Waals surface area contributed by atoms with Crippen molar-refractivity contribution in [2.24, 2.45) is 0 Å². The molecule has 2 amide bonds. The van der Waals surface area contributed by atoms with Gasteiger partial charge in [-0.25, -0.2) is 9.97 Å². The number of amides is 2. The van der Waals surface area contributed by atoms with E-state index in [9.17, 15) is 14.7 Å². The van der Waals surface area contributed by atoms with Crippen LogP contribution in [0.25, 0.3) is 0 Å². The molecule has 0 aliphatic carbocycles. The second-order valence-corrected chi connectivity index (χ2v) is 11.5. The largest absolute Gasteiger partial charge is 0.382 e. The van der Waals surface area contributed by atoms with Gasteiger partial charge in [-0.15, -0.1) is 0 Å². The average Bonchev–Trinajstić information content (AvgIpc) is 3.25. The summed E-state index contributed by atoms with van der Waals surface area (Å²) in [4.78, 5) is 39.5. The lowest BCUT2D eigenvalue weighted by Crippen LogP contribution is -2.45. The molecule has 2 aliphatic heterocycles. The quantitative estimate of drug-likeness (QED) is 0.504. The lowest BCUT2D eigenvalue weighted by molar-refractivity contribution is 0.0570. The molecule has 0 unspecified atom stereocenters. The van der Waals surface area contributed by atoms with Crippen LogP contribution in [-0.2, 0) is 18.6 Å². The second-order valence-electron chi connectivity index (χ2n) is 10.7. The number of halogens is 2. The van der Waals surface area contributed by atoms with Crippen LogP contribution in [0.15, 0.2) is 30.6 Å². The van der Waals surface area contributed by atoms with Crippen molar-refractivity contribution in [3.63, 3.8) is 0 Å². The minimum atomic E-state index is -1.15. The molecular weight excluding hydrogens is 527 g/mol. The number of hydrogen-bond donors (Lipinski definition) is 1. The second kappa shape index (κ2) is 9.63. The van der Waals surface area contributed by atoms with E-state index in [2.05, 4.69) is 9.97 Å². The molecule has 11 heteroatoms. The van der Waals surface area contributed by atoms with Crippen LogP contribution in [-0.4, -0.2) is 59.1 Å². The number of nitrogens with zero attached hydrogens (tertiary/aromatic N) is 6. The van der Waals surface area contributed by atoms with Gasteiger partial charge in [-0.1, -0.05) is 23.2 Å². The predicted octanol–water partition coefficient (Wildman–Crippen LogP) is 4.57. The molecule has 2 aromatic heterocycles. The summed E-state index contributed by atoms with van der Waals surface area (Å²) in [5, 5.41) is 15.7. The minimum Gasteiger partial charge on any atom is -0.382 e. The van der Waals surface area contributed by atoms with E-state index in [4.69, 9.17) is 28.3 Å². The SMILES string of the molecule is C[C@@H]1Cc2nn3c(c2CN1C(=O)c1ccc(Cl)c(Cl)c1)C(=O)N([C@@H](C)c1cnc(C(C)(C)O)nc1)C[C@H]3C. The molecule has 5 rings (SSSR count). The zero-order valence-electron chi connectivity index (χ0n) is 21.9. The van der Waals surface area contributed by atoms with E-state index < -0.39 is 5.60 Å². The first kappa shape index (κ1) is 26.6. The molecule has 0 radical (unpaired) electrons. The van der Waals surface area contributed by atoms with Gasteiger partial charge < -0.3 is 14.9 Å². The molecule has 0 bridgehead atoms. The summed E-state index contributed by atoms with van der Waals surface area (Å²) >= 11 is 12.2. The van der Waals surface area contributed by atoms with Crippen LogP contribution in [0.2, 0.25) is 10.0 Å². The van der Waals surface area contributed by atoms with Crippen LogP contribution >= 0.6 is 23.2 Å². The van der Waals surface area contributed by atoms with Crippen LogP contribution < -0.4 is 0 Å². The zero-order chi connectivity index (χ0) is 27.5. The Morgan fingerprint density at radius 2 is 1.82 bits per heavy atom. The van der Waals surface area contributed by atoms with Crippen LogP contribution in [0.4, 0.5) is 0 Å². The Balaban J connectivity index is 1.45. The summed E-state index contributed by atoms with van der Waals surface area (Å²) in [7, 11) is 0. The van der Waals surface area contributed by atoms with Gasteiger partial charge in [-0.2, -0.15) is 5.10 Å². The summed E-state index contributed by atoms with van der Waals surface area (Å²) in [5.74, 6) is -0.000522. The third kappa shape index (κ3) is 4.57. The maximum absolute atomic E-state index is 13.9. The fourth-order valence-corrected chi connectivity index (χ4v) is 5.44. The van der Waals surface area contributed by atoms with E-state index in [1.807, 2.05) is 25.5 Å². The van der Waals surface area contributed by atoms with Crippen molar-refractivity contribution in [1.82, 2.24) is 29.5 Å². The minimum absolute atomic E-state index is 0.0538. The van der Waals surface area contributed by atoms with Gasteiger partial charge in [0, 0.05) is 48.1 Å². The summed E-state index contributed by atoms with van der Waals surface area (Å²) in [5.41, 5.74) is 2.20. The number of carbonyl (C=O) groups is 2. The van der Waals surface area contributed by atoms with Crippen LogP contribution in [0.5, 0.6) is 0 Å². The number of aromatic nitrogens is 4. The van der Waals surface area contributed by atoms with Crippen LogP contribution in [0.1, 0.15) is 90.2 Å². The topological polar surface area (TPSA) is 104 Å². The van der Waals surface area contributed by atoms with E-state index in [0.29, 0.717) is 40.1 Å². The zero-order valence-corrected chi connectivity index (χ0v) is 23.5.